The Bertz CT molecular complexity index is 720. The molecule has 1 aliphatic heterocycles. The van der Waals surface area contributed by atoms with Crippen LogP contribution in [-0.2, 0) is 19.0 Å². The van der Waals surface area contributed by atoms with Crippen LogP contribution < -0.4 is 0 Å². The zero-order valence-electron chi connectivity index (χ0n) is 16.4. The summed E-state index contributed by atoms with van der Waals surface area (Å²) < 4.78 is 16.6. The van der Waals surface area contributed by atoms with E-state index in [0.717, 1.165) is 18.9 Å². The summed E-state index contributed by atoms with van der Waals surface area (Å²) in [5, 5.41) is 49.5. The highest BCUT2D eigenvalue weighted by Crippen LogP contribution is 2.29. The van der Waals surface area contributed by atoms with E-state index >= 15 is 0 Å². The second kappa shape index (κ2) is 10.3. The number of rotatable bonds is 6. The van der Waals surface area contributed by atoms with E-state index in [1.54, 1.807) is 12.1 Å². The predicted molar refractivity (Wildman–Crippen MR) is 104 cm³/mol. The Morgan fingerprint density at radius 3 is 2.47 bits per heavy atom. The van der Waals surface area contributed by atoms with Gasteiger partial charge in [0.05, 0.1) is 18.8 Å². The molecular weight excluding hydrogens is 396 g/mol. The number of aliphatic hydroxyl groups is 4. The third-order valence-corrected chi connectivity index (χ3v) is 5.36. The summed E-state index contributed by atoms with van der Waals surface area (Å²) >= 11 is 0. The summed E-state index contributed by atoms with van der Waals surface area (Å²) in [7, 11) is 0. The van der Waals surface area contributed by atoms with E-state index in [2.05, 4.69) is 0 Å². The van der Waals surface area contributed by atoms with Crippen LogP contribution in [0.15, 0.2) is 30.3 Å². The molecule has 7 atom stereocenters. The number of phenolic OH excluding ortho intramolecular Hbond substituents is 1. The van der Waals surface area contributed by atoms with Gasteiger partial charge in [0.1, 0.15) is 24.1 Å². The van der Waals surface area contributed by atoms with E-state index in [1.807, 2.05) is 0 Å². The molecule has 1 heterocycles. The summed E-state index contributed by atoms with van der Waals surface area (Å²) in [6.07, 6.45) is -2.59. The highest BCUT2D eigenvalue weighted by atomic mass is 16.7. The largest absolute Gasteiger partial charge is 0.508 e. The van der Waals surface area contributed by atoms with Crippen LogP contribution in [0, 0.1) is 0 Å². The van der Waals surface area contributed by atoms with Gasteiger partial charge in [0.15, 0.2) is 12.4 Å². The van der Waals surface area contributed by atoms with Gasteiger partial charge in [0.25, 0.3) is 0 Å². The molecular formula is C21H28O9. The Kier molecular flexibility index (Phi) is 7.81. The fourth-order valence-electron chi connectivity index (χ4n) is 3.62. The molecule has 1 saturated heterocycles. The van der Waals surface area contributed by atoms with Crippen molar-refractivity contribution in [2.75, 3.05) is 6.61 Å². The summed E-state index contributed by atoms with van der Waals surface area (Å²) in [6, 6.07) is 6.14. The quantitative estimate of drug-likeness (QED) is 0.316. The van der Waals surface area contributed by atoms with E-state index in [4.69, 9.17) is 14.2 Å². The standard InChI is InChI=1S/C21H28O9/c22-11-16-18(26)19(27)20(21(29-16)28-15-4-2-1-3-14(15)24)30-17(25)10-7-12-5-8-13(23)9-6-12/h5-10,14-16,18-24,26-27H,1-4,11H2/t14-,15+,16+,18+,19-,20+,21+/m0/s1. The molecule has 0 radical (unpaired) electrons. The minimum Gasteiger partial charge on any atom is -0.508 e. The molecule has 0 bridgehead atoms. The molecule has 9 heteroatoms. The topological polar surface area (TPSA) is 146 Å². The van der Waals surface area contributed by atoms with Gasteiger partial charge in [-0.15, -0.1) is 0 Å². The Morgan fingerprint density at radius 1 is 1.10 bits per heavy atom. The lowest BCUT2D eigenvalue weighted by Gasteiger charge is -2.43. The first-order chi connectivity index (χ1) is 14.4. The van der Waals surface area contributed by atoms with Crippen LogP contribution in [-0.4, -0.2) is 81.0 Å². The molecule has 2 aliphatic rings. The van der Waals surface area contributed by atoms with E-state index in [-0.39, 0.29) is 5.75 Å². The maximum atomic E-state index is 12.3. The monoisotopic (exact) mass is 424 g/mol. The Morgan fingerprint density at radius 2 is 1.80 bits per heavy atom. The van der Waals surface area contributed by atoms with Crippen molar-refractivity contribution >= 4 is 12.0 Å². The molecule has 9 nitrogen and oxygen atoms in total. The minimum absolute atomic E-state index is 0.0921. The van der Waals surface area contributed by atoms with Gasteiger partial charge in [-0.05, 0) is 36.6 Å². The first-order valence-corrected chi connectivity index (χ1v) is 10.0. The van der Waals surface area contributed by atoms with Crippen molar-refractivity contribution in [1.29, 1.82) is 0 Å². The Balaban J connectivity index is 1.70. The molecule has 0 unspecified atom stereocenters. The third kappa shape index (κ3) is 5.57. The molecule has 0 aromatic heterocycles. The second-order valence-electron chi connectivity index (χ2n) is 7.56. The van der Waals surface area contributed by atoms with Crippen molar-refractivity contribution < 1.29 is 44.5 Å². The Hall–Kier alpha value is -2.01. The second-order valence-corrected chi connectivity index (χ2v) is 7.56. The normalized spacial score (nSPS) is 34.7. The van der Waals surface area contributed by atoms with Crippen molar-refractivity contribution in [2.45, 2.75) is 68.6 Å². The summed E-state index contributed by atoms with van der Waals surface area (Å²) in [4.78, 5) is 12.3. The average molecular weight is 424 g/mol. The number of carbonyl (C=O) groups is 1. The summed E-state index contributed by atoms with van der Waals surface area (Å²) in [5.41, 5.74) is 0.642. The lowest BCUT2D eigenvalue weighted by Crippen LogP contribution is -2.61. The highest BCUT2D eigenvalue weighted by molar-refractivity contribution is 5.87. The molecule has 1 saturated carbocycles. The lowest BCUT2D eigenvalue weighted by molar-refractivity contribution is -0.320. The van der Waals surface area contributed by atoms with Crippen molar-refractivity contribution in [2.24, 2.45) is 0 Å². The first kappa shape index (κ1) is 22.7. The number of hydrogen-bond acceptors (Lipinski definition) is 9. The van der Waals surface area contributed by atoms with Crippen molar-refractivity contribution in [1.82, 2.24) is 0 Å². The number of aromatic hydroxyl groups is 1. The number of benzene rings is 1. The molecule has 1 aliphatic carbocycles. The number of carbonyl (C=O) groups excluding carboxylic acids is 1. The Labute approximate surface area is 174 Å². The maximum absolute atomic E-state index is 12.3. The number of ether oxygens (including phenoxy) is 3. The van der Waals surface area contributed by atoms with Crippen LogP contribution in [0.3, 0.4) is 0 Å². The van der Waals surface area contributed by atoms with Gasteiger partial charge in [-0.3, -0.25) is 0 Å². The minimum atomic E-state index is -1.55. The predicted octanol–water partition coefficient (Wildman–Crippen LogP) is 0.0763. The molecule has 3 rings (SSSR count). The van der Waals surface area contributed by atoms with Gasteiger partial charge in [-0.25, -0.2) is 4.79 Å². The molecule has 0 amide bonds. The number of aliphatic hydroxyl groups excluding tert-OH is 4. The zero-order chi connectivity index (χ0) is 21.7. The van der Waals surface area contributed by atoms with E-state index in [1.165, 1.54) is 18.2 Å². The van der Waals surface area contributed by atoms with Crippen LogP contribution in [0.4, 0.5) is 0 Å². The number of esters is 1. The fraction of sp³-hybridized carbons (Fsp3) is 0.571. The number of phenols is 1. The van der Waals surface area contributed by atoms with Gasteiger partial charge < -0.3 is 39.7 Å². The van der Waals surface area contributed by atoms with Crippen LogP contribution in [0.25, 0.3) is 6.08 Å². The average Bonchev–Trinajstić information content (AvgIpc) is 2.74. The molecule has 0 spiro atoms. The smallest absolute Gasteiger partial charge is 0.331 e. The van der Waals surface area contributed by atoms with Gasteiger partial charge in [-0.2, -0.15) is 0 Å². The highest BCUT2D eigenvalue weighted by Gasteiger charge is 2.48. The summed E-state index contributed by atoms with van der Waals surface area (Å²) in [6.45, 7) is -0.563. The van der Waals surface area contributed by atoms with Gasteiger partial charge >= 0.3 is 5.97 Å². The zero-order valence-corrected chi connectivity index (χ0v) is 16.4. The molecule has 1 aromatic rings. The van der Waals surface area contributed by atoms with Crippen molar-refractivity contribution in [3.63, 3.8) is 0 Å². The first-order valence-electron chi connectivity index (χ1n) is 10.0. The fourth-order valence-corrected chi connectivity index (χ4v) is 3.62. The maximum Gasteiger partial charge on any atom is 0.331 e. The van der Waals surface area contributed by atoms with Crippen molar-refractivity contribution in [3.05, 3.63) is 35.9 Å². The van der Waals surface area contributed by atoms with Gasteiger partial charge in [0, 0.05) is 6.08 Å². The summed E-state index contributed by atoms with van der Waals surface area (Å²) in [5.74, 6) is -0.710. The van der Waals surface area contributed by atoms with E-state index < -0.39 is 55.5 Å². The van der Waals surface area contributed by atoms with Gasteiger partial charge in [0.2, 0.25) is 0 Å². The van der Waals surface area contributed by atoms with Gasteiger partial charge in [-0.1, -0.05) is 25.0 Å². The van der Waals surface area contributed by atoms with Crippen LogP contribution in [0.1, 0.15) is 31.2 Å². The van der Waals surface area contributed by atoms with Crippen LogP contribution in [0.2, 0.25) is 0 Å². The molecule has 5 N–H and O–H groups in total. The van der Waals surface area contributed by atoms with E-state index in [9.17, 15) is 30.3 Å². The molecule has 2 fully saturated rings. The van der Waals surface area contributed by atoms with E-state index in [0.29, 0.717) is 18.4 Å². The van der Waals surface area contributed by atoms with Crippen LogP contribution >= 0.6 is 0 Å². The third-order valence-electron chi connectivity index (χ3n) is 5.36. The molecule has 166 valence electrons. The van der Waals surface area contributed by atoms with Crippen molar-refractivity contribution in [3.8, 4) is 5.75 Å². The SMILES string of the molecule is O=C(C=Cc1ccc(O)cc1)O[C@H]1[C@H](O[C@@H]2CCCC[C@@H]2O)O[C@H](CO)[C@@H](O)[C@@H]1O. The number of hydrogen-bond donors (Lipinski definition) is 5. The van der Waals surface area contributed by atoms with Crippen LogP contribution in [0.5, 0.6) is 5.75 Å². The molecule has 30 heavy (non-hydrogen) atoms. The lowest BCUT2D eigenvalue weighted by atomic mass is 9.94. The molecule has 1 aromatic carbocycles.